The van der Waals surface area contributed by atoms with E-state index in [1.165, 1.54) is 0 Å². The second kappa shape index (κ2) is 5.17. The molecule has 2 atom stereocenters. The van der Waals surface area contributed by atoms with Gasteiger partial charge >= 0.3 is 0 Å². The number of hydrogen-bond donors (Lipinski definition) is 1. The van der Waals surface area contributed by atoms with Crippen molar-refractivity contribution in [1.82, 2.24) is 0 Å². The molecule has 1 aromatic carbocycles. The first-order chi connectivity index (χ1) is 7.10. The highest BCUT2D eigenvalue weighted by atomic mass is 16.5. The van der Waals surface area contributed by atoms with Gasteiger partial charge in [-0.1, -0.05) is 32.4 Å². The van der Waals surface area contributed by atoms with Crippen molar-refractivity contribution in [2.24, 2.45) is 11.7 Å². The summed E-state index contributed by atoms with van der Waals surface area (Å²) in [6, 6.07) is 6.31. The molecule has 0 aliphatic rings. The molecule has 0 bridgehead atoms. The molecule has 0 spiro atoms. The third-order valence-corrected chi connectivity index (χ3v) is 3.07. The molecule has 0 amide bonds. The van der Waals surface area contributed by atoms with Gasteiger partial charge in [0.1, 0.15) is 5.75 Å². The minimum Gasteiger partial charge on any atom is -0.496 e. The molecule has 2 heteroatoms. The largest absolute Gasteiger partial charge is 0.496 e. The summed E-state index contributed by atoms with van der Waals surface area (Å²) in [5, 5.41) is 0. The number of benzene rings is 1. The molecular weight excluding hydrogens is 186 g/mol. The van der Waals surface area contributed by atoms with Crippen LogP contribution in [0.15, 0.2) is 18.2 Å². The monoisotopic (exact) mass is 207 g/mol. The van der Waals surface area contributed by atoms with E-state index >= 15 is 0 Å². The zero-order chi connectivity index (χ0) is 11.4. The normalized spacial score (nSPS) is 14.7. The molecule has 0 saturated heterocycles. The van der Waals surface area contributed by atoms with Gasteiger partial charge in [-0.3, -0.25) is 0 Å². The fourth-order valence-electron chi connectivity index (χ4n) is 1.63. The van der Waals surface area contributed by atoms with Crippen LogP contribution in [0.2, 0.25) is 0 Å². The fourth-order valence-corrected chi connectivity index (χ4v) is 1.63. The van der Waals surface area contributed by atoms with Crippen molar-refractivity contribution in [2.45, 2.75) is 33.2 Å². The summed E-state index contributed by atoms with van der Waals surface area (Å²) in [7, 11) is 1.70. The predicted octanol–water partition coefficient (Wildman–Crippen LogP) is 3.05. The predicted molar refractivity (Wildman–Crippen MR) is 64.1 cm³/mol. The van der Waals surface area contributed by atoms with Crippen LogP contribution in [0.4, 0.5) is 0 Å². The van der Waals surface area contributed by atoms with Gasteiger partial charge in [0.25, 0.3) is 0 Å². The van der Waals surface area contributed by atoms with Gasteiger partial charge in [-0.15, -0.1) is 0 Å². The fraction of sp³-hybridized carbons (Fsp3) is 0.538. The summed E-state index contributed by atoms with van der Waals surface area (Å²) in [5.74, 6) is 1.42. The van der Waals surface area contributed by atoms with Crippen LogP contribution >= 0.6 is 0 Å². The first-order valence-corrected chi connectivity index (χ1v) is 5.50. The average Bonchev–Trinajstić information content (AvgIpc) is 2.27. The van der Waals surface area contributed by atoms with Crippen molar-refractivity contribution < 1.29 is 4.74 Å². The van der Waals surface area contributed by atoms with Gasteiger partial charge in [-0.2, -0.15) is 0 Å². The zero-order valence-electron chi connectivity index (χ0n) is 10.1. The highest BCUT2D eigenvalue weighted by Gasteiger charge is 2.14. The molecule has 0 aromatic heterocycles. The van der Waals surface area contributed by atoms with E-state index in [2.05, 4.69) is 26.0 Å². The molecule has 0 radical (unpaired) electrons. The summed E-state index contributed by atoms with van der Waals surface area (Å²) in [5.41, 5.74) is 8.48. The lowest BCUT2D eigenvalue weighted by Crippen LogP contribution is -2.18. The topological polar surface area (TPSA) is 35.2 Å². The lowest BCUT2D eigenvalue weighted by Gasteiger charge is -2.19. The number of nitrogens with two attached hydrogens (primary N) is 1. The maximum Gasteiger partial charge on any atom is 0.122 e. The summed E-state index contributed by atoms with van der Waals surface area (Å²) in [6.45, 7) is 6.38. The summed E-state index contributed by atoms with van der Waals surface area (Å²) in [4.78, 5) is 0. The van der Waals surface area contributed by atoms with Crippen molar-refractivity contribution in [3.63, 3.8) is 0 Å². The number of rotatable bonds is 4. The molecule has 0 saturated carbocycles. The SMILES string of the molecule is CCC(C)[C@@H](N)c1ccc(C)c(OC)c1. The molecule has 2 N–H and O–H groups in total. The smallest absolute Gasteiger partial charge is 0.122 e. The maximum atomic E-state index is 6.17. The molecular formula is C13H21NO. The van der Waals surface area contributed by atoms with E-state index in [1.807, 2.05) is 13.0 Å². The van der Waals surface area contributed by atoms with Gasteiger partial charge in [0.05, 0.1) is 7.11 Å². The van der Waals surface area contributed by atoms with Crippen molar-refractivity contribution in [3.8, 4) is 5.75 Å². The Morgan fingerprint density at radius 3 is 2.60 bits per heavy atom. The molecule has 1 aromatic rings. The van der Waals surface area contributed by atoms with Gasteiger partial charge < -0.3 is 10.5 Å². The number of hydrogen-bond acceptors (Lipinski definition) is 2. The van der Waals surface area contributed by atoms with Crippen LogP contribution in [0.3, 0.4) is 0 Å². The van der Waals surface area contributed by atoms with E-state index in [0.717, 1.165) is 23.3 Å². The molecule has 15 heavy (non-hydrogen) atoms. The Balaban J connectivity index is 2.95. The van der Waals surface area contributed by atoms with Crippen LogP contribution in [0.5, 0.6) is 5.75 Å². The van der Waals surface area contributed by atoms with Crippen LogP contribution in [-0.2, 0) is 0 Å². The Hall–Kier alpha value is -1.02. The van der Waals surface area contributed by atoms with Crippen LogP contribution in [0.1, 0.15) is 37.4 Å². The van der Waals surface area contributed by atoms with Crippen molar-refractivity contribution in [2.75, 3.05) is 7.11 Å². The van der Waals surface area contributed by atoms with E-state index < -0.39 is 0 Å². The first-order valence-electron chi connectivity index (χ1n) is 5.50. The summed E-state index contributed by atoms with van der Waals surface area (Å²) >= 11 is 0. The van der Waals surface area contributed by atoms with Crippen LogP contribution in [-0.4, -0.2) is 7.11 Å². The van der Waals surface area contributed by atoms with Gasteiger partial charge in [0.15, 0.2) is 0 Å². The number of methoxy groups -OCH3 is 1. The Bertz CT molecular complexity index is 322. The minimum absolute atomic E-state index is 0.101. The Morgan fingerprint density at radius 2 is 2.07 bits per heavy atom. The minimum atomic E-state index is 0.101. The highest BCUT2D eigenvalue weighted by Crippen LogP contribution is 2.26. The van der Waals surface area contributed by atoms with E-state index in [1.54, 1.807) is 7.11 Å². The van der Waals surface area contributed by atoms with E-state index in [4.69, 9.17) is 10.5 Å². The van der Waals surface area contributed by atoms with Crippen LogP contribution < -0.4 is 10.5 Å². The highest BCUT2D eigenvalue weighted by molar-refractivity contribution is 5.37. The lowest BCUT2D eigenvalue weighted by molar-refractivity contribution is 0.407. The molecule has 1 rings (SSSR count). The van der Waals surface area contributed by atoms with E-state index in [9.17, 15) is 0 Å². The molecule has 0 aliphatic heterocycles. The maximum absolute atomic E-state index is 6.17. The zero-order valence-corrected chi connectivity index (χ0v) is 10.1. The van der Waals surface area contributed by atoms with Crippen molar-refractivity contribution in [3.05, 3.63) is 29.3 Å². The van der Waals surface area contributed by atoms with Gasteiger partial charge in [-0.25, -0.2) is 0 Å². The molecule has 1 unspecified atom stereocenters. The van der Waals surface area contributed by atoms with E-state index in [-0.39, 0.29) is 6.04 Å². The summed E-state index contributed by atoms with van der Waals surface area (Å²) < 4.78 is 5.29. The van der Waals surface area contributed by atoms with Gasteiger partial charge in [0, 0.05) is 6.04 Å². The lowest BCUT2D eigenvalue weighted by atomic mass is 9.92. The molecule has 0 aliphatic carbocycles. The third-order valence-electron chi connectivity index (χ3n) is 3.07. The second-order valence-corrected chi connectivity index (χ2v) is 4.14. The second-order valence-electron chi connectivity index (χ2n) is 4.14. The Kier molecular flexibility index (Phi) is 4.15. The van der Waals surface area contributed by atoms with Gasteiger partial charge in [0.2, 0.25) is 0 Å². The van der Waals surface area contributed by atoms with Gasteiger partial charge in [-0.05, 0) is 30.0 Å². The van der Waals surface area contributed by atoms with Crippen LogP contribution in [0, 0.1) is 12.8 Å². The van der Waals surface area contributed by atoms with Crippen molar-refractivity contribution in [1.29, 1.82) is 0 Å². The summed E-state index contributed by atoms with van der Waals surface area (Å²) in [6.07, 6.45) is 1.09. The van der Waals surface area contributed by atoms with Crippen molar-refractivity contribution >= 4 is 0 Å². The van der Waals surface area contributed by atoms with Crippen LogP contribution in [0.25, 0.3) is 0 Å². The molecule has 0 heterocycles. The third kappa shape index (κ3) is 2.72. The quantitative estimate of drug-likeness (QED) is 0.823. The molecule has 84 valence electrons. The standard InChI is InChI=1S/C13H21NO/c1-5-9(2)13(14)11-7-6-10(3)12(8-11)15-4/h6-9,13H,5,14H2,1-4H3/t9?,13-/m1/s1. The first kappa shape index (κ1) is 12.1. The average molecular weight is 207 g/mol. The Labute approximate surface area is 92.4 Å². The number of aryl methyl sites for hydroxylation is 1. The Morgan fingerprint density at radius 1 is 1.40 bits per heavy atom. The molecule has 0 fully saturated rings. The van der Waals surface area contributed by atoms with E-state index in [0.29, 0.717) is 5.92 Å². The number of ether oxygens (including phenoxy) is 1. The molecule has 2 nitrogen and oxygen atoms in total.